The third kappa shape index (κ3) is 13.5. The number of amides is 5. The van der Waals surface area contributed by atoms with Gasteiger partial charge in [-0.2, -0.15) is 0 Å². The lowest BCUT2D eigenvalue weighted by molar-refractivity contribution is -0.137. The Balaban J connectivity index is 0.727. The molecular formula is C51H55N7O10. The molecule has 0 saturated carbocycles. The second-order valence-corrected chi connectivity index (χ2v) is 15.9. The number of hydrogen-bond acceptors (Lipinski definition) is 12. The maximum Gasteiger partial charge on any atom is 0.296 e. The van der Waals surface area contributed by atoms with Gasteiger partial charge in [-0.05, 0) is 66.9 Å². The number of imide groups is 1. The molecule has 354 valence electrons. The number of piperidine rings is 1. The topological polar surface area (TPSA) is 222 Å². The van der Waals surface area contributed by atoms with Crippen molar-refractivity contribution in [3.8, 4) is 17.7 Å². The number of aromatic nitrogens is 1. The second-order valence-electron chi connectivity index (χ2n) is 15.9. The Morgan fingerprint density at radius 3 is 2.29 bits per heavy atom. The third-order valence-electron chi connectivity index (χ3n) is 11.0. The van der Waals surface area contributed by atoms with Gasteiger partial charge in [0.15, 0.2) is 5.88 Å². The van der Waals surface area contributed by atoms with Crippen LogP contribution in [0.15, 0.2) is 96.0 Å². The highest BCUT2D eigenvalue weighted by Crippen LogP contribution is 2.33. The van der Waals surface area contributed by atoms with Gasteiger partial charge >= 0.3 is 0 Å². The number of benzene rings is 4. The summed E-state index contributed by atoms with van der Waals surface area (Å²) < 4.78 is 22.4. The molecule has 2 aliphatic rings. The Morgan fingerprint density at radius 1 is 0.853 bits per heavy atom. The Labute approximate surface area is 394 Å². The predicted octanol–water partition coefficient (Wildman–Crippen LogP) is 4.48. The summed E-state index contributed by atoms with van der Waals surface area (Å²) in [5.74, 6) is 3.79. The molecule has 1 atom stereocenters. The standard InChI is InChI=1S/C51H55N7O10/c1-2-53-44(59)18-11-34-10-15-41-42(30-34)56-50(63)47(41)48(36-6-4-3-5-7-36)55-38-12-8-35(9-13-38)32-52-21-23-66-25-27-68-29-28-67-26-24-65-22-20-46(61)54-39-14-16-40-37(31-39)33-58(51(40)64)43-17-19-45(60)57-49(43)62/h3-10,12-16,30-31,43,52,56,63H,2,17,19-29,32-33H2,1H3,(H,53,59)(H,54,61)(H,57,60,62). The number of hydrogen-bond donors (Lipinski definition) is 6. The molecule has 7 rings (SSSR count). The fraction of sp³-hybridized carbons (Fsp3) is 0.333. The number of aromatic hydroxyl groups is 1. The molecule has 0 bridgehead atoms. The molecule has 68 heavy (non-hydrogen) atoms. The van der Waals surface area contributed by atoms with Crippen molar-refractivity contribution < 1.29 is 48.0 Å². The minimum atomic E-state index is -0.695. The average molecular weight is 926 g/mol. The van der Waals surface area contributed by atoms with Gasteiger partial charge < -0.3 is 49.9 Å². The van der Waals surface area contributed by atoms with Crippen molar-refractivity contribution in [2.24, 2.45) is 4.99 Å². The number of fused-ring (bicyclic) bond motifs is 2. The van der Waals surface area contributed by atoms with Gasteiger partial charge in [0.1, 0.15) is 6.04 Å². The zero-order valence-corrected chi connectivity index (χ0v) is 37.9. The number of carbonyl (C=O) groups excluding carboxylic acids is 5. The highest BCUT2D eigenvalue weighted by atomic mass is 16.6. The van der Waals surface area contributed by atoms with E-state index in [0.29, 0.717) is 105 Å². The van der Waals surface area contributed by atoms with Gasteiger partial charge in [-0.1, -0.05) is 54.5 Å². The zero-order valence-electron chi connectivity index (χ0n) is 37.9. The number of nitrogens with one attached hydrogen (secondary N) is 5. The van der Waals surface area contributed by atoms with Crippen molar-refractivity contribution in [3.05, 3.63) is 124 Å². The van der Waals surface area contributed by atoms with Crippen LogP contribution in [0.3, 0.4) is 0 Å². The molecule has 0 radical (unpaired) electrons. The first-order valence-electron chi connectivity index (χ1n) is 22.6. The molecule has 4 aromatic carbocycles. The molecule has 6 N–H and O–H groups in total. The molecule has 1 fully saturated rings. The van der Waals surface area contributed by atoms with Crippen molar-refractivity contribution in [2.75, 3.05) is 71.3 Å². The Kier molecular flexibility index (Phi) is 17.6. The molecule has 3 heterocycles. The Bertz CT molecular complexity index is 2670. The van der Waals surface area contributed by atoms with E-state index in [0.717, 1.165) is 22.2 Å². The number of aromatic amines is 1. The smallest absolute Gasteiger partial charge is 0.296 e. The lowest BCUT2D eigenvalue weighted by Crippen LogP contribution is -2.52. The number of H-pyrrole nitrogens is 1. The summed E-state index contributed by atoms with van der Waals surface area (Å²) in [6.07, 6.45) is 0.611. The van der Waals surface area contributed by atoms with Crippen molar-refractivity contribution in [2.45, 2.75) is 45.3 Å². The van der Waals surface area contributed by atoms with Gasteiger partial charge in [0.25, 0.3) is 11.8 Å². The average Bonchev–Trinajstić information content (AvgIpc) is 3.84. The summed E-state index contributed by atoms with van der Waals surface area (Å²) in [7, 11) is 0. The van der Waals surface area contributed by atoms with Crippen molar-refractivity contribution in [1.82, 2.24) is 25.8 Å². The first-order valence-corrected chi connectivity index (χ1v) is 22.6. The lowest BCUT2D eigenvalue weighted by atomic mass is 10.00. The molecule has 5 amide bonds. The van der Waals surface area contributed by atoms with Crippen molar-refractivity contribution in [3.63, 3.8) is 0 Å². The number of anilines is 1. The fourth-order valence-electron chi connectivity index (χ4n) is 7.69. The Hall–Kier alpha value is -7.20. The van der Waals surface area contributed by atoms with E-state index in [4.69, 9.17) is 23.9 Å². The molecule has 1 saturated heterocycles. The lowest BCUT2D eigenvalue weighted by Gasteiger charge is -2.29. The summed E-state index contributed by atoms with van der Waals surface area (Å²) in [6, 6.07) is 27.4. The van der Waals surface area contributed by atoms with E-state index in [2.05, 4.69) is 38.1 Å². The second kappa shape index (κ2) is 24.5. The number of rotatable bonds is 23. The van der Waals surface area contributed by atoms with Crippen LogP contribution in [0, 0.1) is 11.8 Å². The molecule has 0 spiro atoms. The van der Waals surface area contributed by atoms with Gasteiger partial charge in [0, 0.05) is 66.3 Å². The zero-order chi connectivity index (χ0) is 47.7. The van der Waals surface area contributed by atoms with E-state index in [1.165, 1.54) is 4.90 Å². The van der Waals surface area contributed by atoms with Crippen molar-refractivity contribution in [1.29, 1.82) is 0 Å². The highest BCUT2D eigenvalue weighted by Gasteiger charge is 2.39. The third-order valence-corrected chi connectivity index (χ3v) is 11.0. The maximum absolute atomic E-state index is 12.9. The fourth-order valence-corrected chi connectivity index (χ4v) is 7.69. The minimum absolute atomic E-state index is 0.0159. The number of ether oxygens (including phenoxy) is 4. The van der Waals surface area contributed by atoms with Crippen LogP contribution in [0.2, 0.25) is 0 Å². The van der Waals surface area contributed by atoms with Gasteiger partial charge in [-0.25, -0.2) is 4.99 Å². The Morgan fingerprint density at radius 2 is 1.57 bits per heavy atom. The minimum Gasteiger partial charge on any atom is -0.494 e. The van der Waals surface area contributed by atoms with Crippen molar-refractivity contribution >= 4 is 57.5 Å². The van der Waals surface area contributed by atoms with Gasteiger partial charge in [0.2, 0.25) is 17.7 Å². The highest BCUT2D eigenvalue weighted by molar-refractivity contribution is 6.22. The van der Waals surface area contributed by atoms with Crippen LogP contribution in [0.1, 0.15) is 64.4 Å². The molecule has 17 nitrogen and oxygen atoms in total. The first kappa shape index (κ1) is 48.7. The maximum atomic E-state index is 12.9. The quantitative estimate of drug-likeness (QED) is 0.0232. The molecule has 2 aliphatic heterocycles. The molecule has 1 aromatic heterocycles. The van der Waals surface area contributed by atoms with E-state index in [-0.39, 0.29) is 61.9 Å². The monoisotopic (exact) mass is 925 g/mol. The first-order chi connectivity index (χ1) is 33.2. The molecule has 5 aromatic rings. The number of aliphatic imine (C=N–C) groups is 1. The summed E-state index contributed by atoms with van der Waals surface area (Å²) in [6.45, 7) is 6.99. The van der Waals surface area contributed by atoms with Crippen LogP contribution in [-0.2, 0) is 51.2 Å². The molecule has 1 unspecified atom stereocenters. The summed E-state index contributed by atoms with van der Waals surface area (Å²) in [4.78, 5) is 70.6. The van der Waals surface area contributed by atoms with Gasteiger partial charge in [-0.15, -0.1) is 0 Å². The normalized spacial score (nSPS) is 14.7. The van der Waals surface area contributed by atoms with E-state index < -0.39 is 11.9 Å². The van der Waals surface area contributed by atoms with Crippen LogP contribution in [-0.4, -0.2) is 122 Å². The predicted molar refractivity (Wildman–Crippen MR) is 254 cm³/mol. The van der Waals surface area contributed by atoms with Gasteiger partial charge in [0.05, 0.1) is 81.8 Å². The molecule has 17 heteroatoms. The molecule has 0 aliphatic carbocycles. The van der Waals surface area contributed by atoms with E-state index >= 15 is 0 Å². The van der Waals surface area contributed by atoms with Crippen LogP contribution >= 0.6 is 0 Å². The van der Waals surface area contributed by atoms with Crippen LogP contribution < -0.4 is 21.3 Å². The largest absolute Gasteiger partial charge is 0.494 e. The number of carbonyl (C=O) groups is 5. The summed E-state index contributed by atoms with van der Waals surface area (Å²) >= 11 is 0. The SMILES string of the molecule is CCNC(=O)C#Cc1ccc2c(C(=Nc3ccc(CNCCOCCOCCOCCOCCC(=O)Nc4ccc5c(c4)CN(C4CCC(=O)NC4=O)C5=O)cc3)c3ccccc3)c(O)[nH]c2c1. The number of nitrogens with zero attached hydrogens (tertiary/aromatic N) is 2. The molecular weight excluding hydrogens is 871 g/mol. The van der Waals surface area contributed by atoms with Gasteiger partial charge in [-0.3, -0.25) is 29.3 Å². The van der Waals surface area contributed by atoms with E-state index in [9.17, 15) is 29.1 Å². The van der Waals surface area contributed by atoms with E-state index in [1.54, 1.807) is 24.3 Å². The summed E-state index contributed by atoms with van der Waals surface area (Å²) in [5, 5.41) is 23.1. The van der Waals surface area contributed by atoms with E-state index in [1.807, 2.05) is 73.7 Å². The van der Waals surface area contributed by atoms with Crippen LogP contribution in [0.25, 0.3) is 10.9 Å². The summed E-state index contributed by atoms with van der Waals surface area (Å²) in [5.41, 5.74) is 6.87. The van der Waals surface area contributed by atoms with Crippen LogP contribution in [0.5, 0.6) is 5.88 Å². The van der Waals surface area contributed by atoms with Crippen LogP contribution in [0.4, 0.5) is 11.4 Å².